The first-order valence-corrected chi connectivity index (χ1v) is 9.08. The fourth-order valence-electron chi connectivity index (χ4n) is 2.89. The third-order valence-corrected chi connectivity index (χ3v) is 4.47. The highest BCUT2D eigenvalue weighted by molar-refractivity contribution is 6.05. The lowest BCUT2D eigenvalue weighted by molar-refractivity contribution is -0.123. The van der Waals surface area contributed by atoms with Crippen molar-refractivity contribution < 1.29 is 19.1 Å². The van der Waals surface area contributed by atoms with E-state index in [1.54, 1.807) is 48.3 Å². The van der Waals surface area contributed by atoms with E-state index in [1.807, 2.05) is 18.2 Å². The van der Waals surface area contributed by atoms with Gasteiger partial charge < -0.3 is 19.7 Å². The maximum atomic E-state index is 12.5. The van der Waals surface area contributed by atoms with Crippen LogP contribution >= 0.6 is 0 Å². The Morgan fingerprint density at radius 2 is 1.89 bits per heavy atom. The molecule has 1 aliphatic heterocycles. The van der Waals surface area contributed by atoms with Gasteiger partial charge in [-0.2, -0.15) is 0 Å². The number of carbonyl (C=O) groups excluding carboxylic acids is 2. The molecule has 1 atom stereocenters. The first kappa shape index (κ1) is 18.9. The Hall–Kier alpha value is -2.86. The van der Waals surface area contributed by atoms with Gasteiger partial charge >= 0.3 is 0 Å². The number of rotatable bonds is 7. The van der Waals surface area contributed by atoms with E-state index in [1.165, 1.54) is 0 Å². The number of carbonyl (C=O) groups is 2. The van der Waals surface area contributed by atoms with Gasteiger partial charge in [0.2, 0.25) is 0 Å². The summed E-state index contributed by atoms with van der Waals surface area (Å²) in [6.45, 7) is 1.24. The van der Waals surface area contributed by atoms with Crippen LogP contribution in [0.15, 0.2) is 54.6 Å². The van der Waals surface area contributed by atoms with E-state index in [4.69, 9.17) is 9.47 Å². The summed E-state index contributed by atoms with van der Waals surface area (Å²) in [4.78, 5) is 25.9. The van der Waals surface area contributed by atoms with Gasteiger partial charge in [0.1, 0.15) is 5.75 Å². The SMILES string of the molecule is CN(C(=O)c1ccccc1)c1ccc(OCC(=O)NCC2CCCO2)cc1. The van der Waals surface area contributed by atoms with Crippen molar-refractivity contribution in [2.75, 3.05) is 31.7 Å². The van der Waals surface area contributed by atoms with E-state index in [0.29, 0.717) is 17.9 Å². The lowest BCUT2D eigenvalue weighted by Gasteiger charge is -2.18. The minimum atomic E-state index is -0.175. The summed E-state index contributed by atoms with van der Waals surface area (Å²) in [6, 6.07) is 16.2. The predicted molar refractivity (Wildman–Crippen MR) is 103 cm³/mol. The van der Waals surface area contributed by atoms with Crippen LogP contribution < -0.4 is 15.0 Å². The topological polar surface area (TPSA) is 67.9 Å². The molecule has 27 heavy (non-hydrogen) atoms. The quantitative estimate of drug-likeness (QED) is 0.816. The van der Waals surface area contributed by atoms with Crippen molar-refractivity contribution in [1.29, 1.82) is 0 Å². The zero-order valence-corrected chi connectivity index (χ0v) is 15.4. The van der Waals surface area contributed by atoms with Crippen LogP contribution in [-0.4, -0.2) is 44.7 Å². The zero-order chi connectivity index (χ0) is 19.1. The molecule has 1 saturated heterocycles. The summed E-state index contributed by atoms with van der Waals surface area (Å²) >= 11 is 0. The van der Waals surface area contributed by atoms with Gasteiger partial charge in [-0.1, -0.05) is 18.2 Å². The van der Waals surface area contributed by atoms with Crippen molar-refractivity contribution in [3.63, 3.8) is 0 Å². The molecule has 142 valence electrons. The Labute approximate surface area is 159 Å². The molecule has 0 saturated carbocycles. The lowest BCUT2D eigenvalue weighted by atomic mass is 10.2. The van der Waals surface area contributed by atoms with E-state index in [0.717, 1.165) is 25.1 Å². The summed E-state index contributed by atoms with van der Waals surface area (Å²) in [5, 5.41) is 2.82. The number of hydrogen-bond donors (Lipinski definition) is 1. The van der Waals surface area contributed by atoms with Crippen LogP contribution in [0, 0.1) is 0 Å². The number of nitrogens with zero attached hydrogens (tertiary/aromatic N) is 1. The van der Waals surface area contributed by atoms with E-state index in [-0.39, 0.29) is 24.5 Å². The molecular weight excluding hydrogens is 344 g/mol. The van der Waals surface area contributed by atoms with E-state index in [9.17, 15) is 9.59 Å². The third-order valence-electron chi connectivity index (χ3n) is 4.47. The number of nitrogens with one attached hydrogen (secondary N) is 1. The molecule has 1 unspecified atom stereocenters. The number of hydrogen-bond acceptors (Lipinski definition) is 4. The first-order chi connectivity index (χ1) is 13.1. The molecule has 0 spiro atoms. The summed E-state index contributed by atoms with van der Waals surface area (Å²) in [5.74, 6) is 0.315. The maximum Gasteiger partial charge on any atom is 0.258 e. The third kappa shape index (κ3) is 5.31. The highest BCUT2D eigenvalue weighted by Gasteiger charge is 2.16. The van der Waals surface area contributed by atoms with Gasteiger partial charge in [0.15, 0.2) is 6.61 Å². The summed E-state index contributed by atoms with van der Waals surface area (Å²) in [7, 11) is 1.73. The van der Waals surface area contributed by atoms with Crippen molar-refractivity contribution in [1.82, 2.24) is 5.32 Å². The van der Waals surface area contributed by atoms with Gasteiger partial charge in [-0.15, -0.1) is 0 Å². The van der Waals surface area contributed by atoms with Crippen LogP contribution in [0.25, 0.3) is 0 Å². The molecule has 1 fully saturated rings. The summed E-state index contributed by atoms with van der Waals surface area (Å²) in [6.07, 6.45) is 2.15. The van der Waals surface area contributed by atoms with Crippen LogP contribution in [0.4, 0.5) is 5.69 Å². The van der Waals surface area contributed by atoms with Gasteiger partial charge in [0.25, 0.3) is 11.8 Å². The number of amides is 2. The largest absolute Gasteiger partial charge is 0.484 e. The minimum absolute atomic E-state index is 0.0507. The molecule has 0 radical (unpaired) electrons. The zero-order valence-electron chi connectivity index (χ0n) is 15.4. The summed E-state index contributed by atoms with van der Waals surface area (Å²) < 4.78 is 11.0. The maximum absolute atomic E-state index is 12.5. The van der Waals surface area contributed by atoms with Crippen molar-refractivity contribution in [3.05, 3.63) is 60.2 Å². The second kappa shape index (κ2) is 9.19. The molecule has 1 heterocycles. The smallest absolute Gasteiger partial charge is 0.258 e. The Bertz CT molecular complexity index is 756. The molecule has 2 amide bonds. The average molecular weight is 368 g/mol. The monoisotopic (exact) mass is 368 g/mol. The first-order valence-electron chi connectivity index (χ1n) is 9.08. The number of ether oxygens (including phenoxy) is 2. The second-order valence-electron chi connectivity index (χ2n) is 6.45. The fourth-order valence-corrected chi connectivity index (χ4v) is 2.89. The van der Waals surface area contributed by atoms with E-state index in [2.05, 4.69) is 5.32 Å². The van der Waals surface area contributed by atoms with Crippen molar-refractivity contribution >= 4 is 17.5 Å². The second-order valence-corrected chi connectivity index (χ2v) is 6.45. The molecule has 0 aromatic heterocycles. The molecule has 0 aliphatic carbocycles. The Morgan fingerprint density at radius 1 is 1.15 bits per heavy atom. The van der Waals surface area contributed by atoms with Gasteiger partial charge in [-0.05, 0) is 49.2 Å². The molecule has 1 aliphatic rings. The van der Waals surface area contributed by atoms with Crippen LogP contribution in [0.1, 0.15) is 23.2 Å². The standard InChI is InChI=1S/C21H24N2O4/c1-23(21(25)16-6-3-2-4-7-16)17-9-11-18(12-10-17)27-15-20(24)22-14-19-8-5-13-26-19/h2-4,6-7,9-12,19H,5,8,13-15H2,1H3,(H,22,24). The minimum Gasteiger partial charge on any atom is -0.484 e. The van der Waals surface area contributed by atoms with Crippen LogP contribution in [0.3, 0.4) is 0 Å². The molecule has 0 bridgehead atoms. The number of anilines is 1. The van der Waals surface area contributed by atoms with Gasteiger partial charge in [-0.25, -0.2) is 0 Å². The highest BCUT2D eigenvalue weighted by Crippen LogP contribution is 2.20. The average Bonchev–Trinajstić information content (AvgIpc) is 3.24. The summed E-state index contributed by atoms with van der Waals surface area (Å²) in [5.41, 5.74) is 1.38. The lowest BCUT2D eigenvalue weighted by Crippen LogP contribution is -2.35. The van der Waals surface area contributed by atoms with Crippen molar-refractivity contribution in [3.8, 4) is 5.75 Å². The molecule has 1 N–H and O–H groups in total. The van der Waals surface area contributed by atoms with E-state index >= 15 is 0 Å². The Morgan fingerprint density at radius 3 is 2.56 bits per heavy atom. The van der Waals surface area contributed by atoms with Crippen molar-refractivity contribution in [2.45, 2.75) is 18.9 Å². The van der Waals surface area contributed by atoms with Crippen LogP contribution in [0.2, 0.25) is 0 Å². The van der Waals surface area contributed by atoms with Gasteiger partial charge in [-0.3, -0.25) is 9.59 Å². The van der Waals surface area contributed by atoms with Gasteiger partial charge in [0, 0.05) is 31.5 Å². The van der Waals surface area contributed by atoms with E-state index < -0.39 is 0 Å². The van der Waals surface area contributed by atoms with Crippen molar-refractivity contribution in [2.24, 2.45) is 0 Å². The van der Waals surface area contributed by atoms with Crippen LogP contribution in [0.5, 0.6) is 5.75 Å². The normalized spacial score (nSPS) is 16.0. The molecule has 2 aromatic carbocycles. The Balaban J connectivity index is 1.48. The Kier molecular flexibility index (Phi) is 6.44. The predicted octanol–water partition coefficient (Wildman–Crippen LogP) is 2.64. The molecule has 2 aromatic rings. The molecule has 3 rings (SSSR count). The molecular formula is C21H24N2O4. The molecule has 6 heteroatoms. The highest BCUT2D eigenvalue weighted by atomic mass is 16.5. The fraction of sp³-hybridized carbons (Fsp3) is 0.333. The van der Waals surface area contributed by atoms with Gasteiger partial charge in [0.05, 0.1) is 6.10 Å². The van der Waals surface area contributed by atoms with Crippen LogP contribution in [-0.2, 0) is 9.53 Å². The molecule has 6 nitrogen and oxygen atoms in total. The number of benzene rings is 2.